The number of benzene rings is 2. The quantitative estimate of drug-likeness (QED) is 0.545. The fraction of sp³-hybridized carbons (Fsp3) is 0.346. The predicted molar refractivity (Wildman–Crippen MR) is 136 cm³/mol. The number of rotatable bonds is 6. The Morgan fingerprint density at radius 3 is 2.34 bits per heavy atom. The third-order valence-electron chi connectivity index (χ3n) is 6.51. The minimum absolute atomic E-state index is 0.159. The van der Waals surface area contributed by atoms with Crippen LogP contribution in [0, 0.1) is 13.8 Å². The molecule has 8 nitrogen and oxygen atoms in total. The van der Waals surface area contributed by atoms with Crippen molar-refractivity contribution in [3.63, 3.8) is 0 Å². The highest BCUT2D eigenvalue weighted by Crippen LogP contribution is 2.31. The average Bonchev–Trinajstić information content (AvgIpc) is 2.85. The number of hydrogen-bond acceptors (Lipinski definition) is 5. The van der Waals surface area contributed by atoms with Crippen LogP contribution in [0.1, 0.15) is 48.1 Å². The predicted octanol–water partition coefficient (Wildman–Crippen LogP) is 3.51. The summed E-state index contributed by atoms with van der Waals surface area (Å²) >= 11 is 0. The van der Waals surface area contributed by atoms with Gasteiger partial charge in [-0.15, -0.1) is 0 Å². The van der Waals surface area contributed by atoms with Crippen LogP contribution >= 0.6 is 0 Å². The number of sulfonamides is 1. The summed E-state index contributed by atoms with van der Waals surface area (Å²) < 4.78 is 28.7. The SMILES string of the molecule is CNS(=O)(=O)c1cc(-c2nn([C@@H](C)C(=O)Nc3ccc(C)cc3)c(=O)c3c2CCCC3)ccc1C. The lowest BCUT2D eigenvalue weighted by molar-refractivity contribution is -0.119. The zero-order chi connectivity index (χ0) is 25.3. The summed E-state index contributed by atoms with van der Waals surface area (Å²) in [5, 5.41) is 7.49. The molecule has 4 rings (SSSR count). The van der Waals surface area contributed by atoms with Gasteiger partial charge in [0.15, 0.2) is 0 Å². The van der Waals surface area contributed by atoms with Gasteiger partial charge in [0, 0.05) is 16.8 Å². The van der Waals surface area contributed by atoms with Crippen LogP contribution in [0.5, 0.6) is 0 Å². The summed E-state index contributed by atoms with van der Waals surface area (Å²) in [4.78, 5) is 26.6. The maximum absolute atomic E-state index is 13.4. The highest BCUT2D eigenvalue weighted by Gasteiger charge is 2.26. The van der Waals surface area contributed by atoms with Gasteiger partial charge in [0.05, 0.1) is 10.6 Å². The monoisotopic (exact) mass is 494 g/mol. The second-order valence-corrected chi connectivity index (χ2v) is 10.8. The maximum Gasteiger partial charge on any atom is 0.271 e. The van der Waals surface area contributed by atoms with E-state index < -0.39 is 16.1 Å². The molecule has 35 heavy (non-hydrogen) atoms. The second kappa shape index (κ2) is 9.75. The Morgan fingerprint density at radius 1 is 1.03 bits per heavy atom. The summed E-state index contributed by atoms with van der Waals surface area (Å²) in [6, 6.07) is 11.7. The van der Waals surface area contributed by atoms with Crippen molar-refractivity contribution >= 4 is 21.6 Å². The molecule has 0 bridgehead atoms. The molecule has 1 amide bonds. The minimum Gasteiger partial charge on any atom is -0.324 e. The molecule has 2 aromatic carbocycles. The number of nitrogens with zero attached hydrogens (tertiary/aromatic N) is 2. The van der Waals surface area contributed by atoms with Crippen molar-refractivity contribution in [1.82, 2.24) is 14.5 Å². The number of hydrogen-bond donors (Lipinski definition) is 2. The Morgan fingerprint density at radius 2 is 1.69 bits per heavy atom. The Labute approximate surface area is 205 Å². The first-order valence-corrected chi connectivity index (χ1v) is 13.2. The van der Waals surface area contributed by atoms with E-state index in [1.807, 2.05) is 37.3 Å². The van der Waals surface area contributed by atoms with Crippen molar-refractivity contribution in [3.05, 3.63) is 75.1 Å². The first kappa shape index (κ1) is 24.8. The molecule has 1 atom stereocenters. The van der Waals surface area contributed by atoms with Crippen LogP contribution in [0.4, 0.5) is 5.69 Å². The molecule has 2 N–H and O–H groups in total. The fourth-order valence-corrected chi connectivity index (χ4v) is 5.38. The van der Waals surface area contributed by atoms with Gasteiger partial charge >= 0.3 is 0 Å². The van der Waals surface area contributed by atoms with Crippen molar-refractivity contribution in [2.24, 2.45) is 0 Å². The van der Waals surface area contributed by atoms with Gasteiger partial charge in [0.2, 0.25) is 15.9 Å². The normalized spacial score (nSPS) is 14.3. The highest BCUT2D eigenvalue weighted by molar-refractivity contribution is 7.89. The largest absolute Gasteiger partial charge is 0.324 e. The van der Waals surface area contributed by atoms with Gasteiger partial charge in [-0.1, -0.05) is 29.8 Å². The van der Waals surface area contributed by atoms with Gasteiger partial charge in [-0.3, -0.25) is 9.59 Å². The summed E-state index contributed by atoms with van der Waals surface area (Å²) in [6.45, 7) is 5.34. The lowest BCUT2D eigenvalue weighted by atomic mass is 9.89. The number of amides is 1. The smallest absolute Gasteiger partial charge is 0.271 e. The lowest BCUT2D eigenvalue weighted by Crippen LogP contribution is -2.37. The van der Waals surface area contributed by atoms with E-state index >= 15 is 0 Å². The minimum atomic E-state index is -3.68. The molecule has 0 saturated heterocycles. The van der Waals surface area contributed by atoms with Gasteiger partial charge < -0.3 is 5.32 Å². The number of carbonyl (C=O) groups is 1. The zero-order valence-electron chi connectivity index (χ0n) is 20.4. The van der Waals surface area contributed by atoms with Crippen LogP contribution in [0.3, 0.4) is 0 Å². The van der Waals surface area contributed by atoms with Crippen molar-refractivity contribution in [1.29, 1.82) is 0 Å². The summed E-state index contributed by atoms with van der Waals surface area (Å²) in [6.07, 6.45) is 3.08. The highest BCUT2D eigenvalue weighted by atomic mass is 32.2. The van der Waals surface area contributed by atoms with E-state index in [0.29, 0.717) is 40.9 Å². The summed E-state index contributed by atoms with van der Waals surface area (Å²) in [7, 11) is -2.31. The van der Waals surface area contributed by atoms with Gasteiger partial charge in [-0.05, 0) is 82.8 Å². The van der Waals surface area contributed by atoms with Gasteiger partial charge in [0.1, 0.15) is 6.04 Å². The van der Waals surface area contributed by atoms with E-state index in [2.05, 4.69) is 15.1 Å². The van der Waals surface area contributed by atoms with Crippen LogP contribution in [-0.2, 0) is 27.7 Å². The van der Waals surface area contributed by atoms with Crippen LogP contribution in [0.2, 0.25) is 0 Å². The van der Waals surface area contributed by atoms with E-state index in [-0.39, 0.29) is 16.4 Å². The number of fused-ring (bicyclic) bond motifs is 1. The Bertz CT molecular complexity index is 1440. The molecule has 1 aliphatic carbocycles. The molecule has 1 aromatic heterocycles. The molecule has 1 aliphatic rings. The Hall–Kier alpha value is -3.30. The van der Waals surface area contributed by atoms with Crippen LogP contribution in [-0.4, -0.2) is 31.2 Å². The molecule has 0 unspecified atom stereocenters. The average molecular weight is 495 g/mol. The standard InChI is InChI=1S/C26H30N4O4S/c1-16-9-13-20(14-10-16)28-25(31)18(3)30-26(32)22-8-6-5-7-21(22)24(29-30)19-12-11-17(2)23(15-19)35(33,34)27-4/h9-15,18,27H,5-8H2,1-4H3,(H,28,31)/t18-/m0/s1. The third kappa shape index (κ3) is 4.92. The fourth-order valence-electron chi connectivity index (χ4n) is 4.39. The van der Waals surface area contributed by atoms with Crippen molar-refractivity contribution in [3.8, 4) is 11.3 Å². The van der Waals surface area contributed by atoms with E-state index in [1.54, 1.807) is 26.0 Å². The van der Waals surface area contributed by atoms with Gasteiger partial charge in [0.25, 0.3) is 5.56 Å². The molecule has 184 valence electrons. The van der Waals surface area contributed by atoms with E-state index in [1.165, 1.54) is 11.7 Å². The van der Waals surface area contributed by atoms with Gasteiger partial charge in [-0.2, -0.15) is 5.10 Å². The number of nitrogens with one attached hydrogen (secondary N) is 2. The Balaban J connectivity index is 1.81. The molecular formula is C26H30N4O4S. The molecule has 0 spiro atoms. The van der Waals surface area contributed by atoms with E-state index in [0.717, 1.165) is 24.0 Å². The first-order chi connectivity index (χ1) is 16.6. The summed E-state index contributed by atoms with van der Waals surface area (Å²) in [5.74, 6) is -0.354. The lowest BCUT2D eigenvalue weighted by Gasteiger charge is -2.23. The molecule has 0 fully saturated rings. The van der Waals surface area contributed by atoms with Crippen molar-refractivity contribution < 1.29 is 13.2 Å². The number of aryl methyl sites for hydroxylation is 2. The van der Waals surface area contributed by atoms with Crippen molar-refractivity contribution in [2.45, 2.75) is 57.4 Å². The van der Waals surface area contributed by atoms with Crippen molar-refractivity contribution in [2.75, 3.05) is 12.4 Å². The van der Waals surface area contributed by atoms with Crippen LogP contribution in [0.15, 0.2) is 52.2 Å². The topological polar surface area (TPSA) is 110 Å². The first-order valence-electron chi connectivity index (χ1n) is 11.7. The summed E-state index contributed by atoms with van der Waals surface area (Å²) in [5.41, 5.74) is 4.67. The van der Waals surface area contributed by atoms with Crippen LogP contribution in [0.25, 0.3) is 11.3 Å². The molecule has 1 heterocycles. The molecule has 0 radical (unpaired) electrons. The zero-order valence-corrected chi connectivity index (χ0v) is 21.2. The Kier molecular flexibility index (Phi) is 6.91. The van der Waals surface area contributed by atoms with E-state index in [9.17, 15) is 18.0 Å². The molecule has 0 aliphatic heterocycles. The number of anilines is 1. The third-order valence-corrected chi connectivity index (χ3v) is 8.07. The maximum atomic E-state index is 13.4. The van der Waals surface area contributed by atoms with E-state index in [4.69, 9.17) is 0 Å². The molecule has 3 aromatic rings. The van der Waals surface area contributed by atoms with Gasteiger partial charge in [-0.25, -0.2) is 17.8 Å². The molecule has 9 heteroatoms. The number of carbonyl (C=O) groups excluding carboxylic acids is 1. The van der Waals surface area contributed by atoms with Crippen LogP contribution < -0.4 is 15.6 Å². The molecule has 0 saturated carbocycles. The number of aromatic nitrogens is 2. The molecular weight excluding hydrogens is 464 g/mol. The second-order valence-electron chi connectivity index (χ2n) is 8.98.